The second-order valence-corrected chi connectivity index (χ2v) is 6.76. The number of hydrogen-bond donors (Lipinski definition) is 2. The number of nitrogens with one attached hydrogen (secondary N) is 2. The predicted molar refractivity (Wildman–Crippen MR) is 84.0 cm³/mol. The lowest BCUT2D eigenvalue weighted by Gasteiger charge is -2.17. The molecule has 1 amide bonds. The summed E-state index contributed by atoms with van der Waals surface area (Å²) in [5, 5.41) is 12.1. The maximum absolute atomic E-state index is 12.4. The molecule has 1 aliphatic carbocycles. The SMILES string of the molecule is CC1CCc2[nH]nc(C(=O)NCc3cn4ccsc4n3)c2C1. The molecule has 0 spiro atoms. The van der Waals surface area contributed by atoms with Gasteiger partial charge >= 0.3 is 0 Å². The number of fused-ring (bicyclic) bond motifs is 2. The maximum Gasteiger partial charge on any atom is 0.272 e. The Kier molecular flexibility index (Phi) is 3.22. The highest BCUT2D eigenvalue weighted by molar-refractivity contribution is 7.15. The second-order valence-electron chi connectivity index (χ2n) is 5.89. The molecule has 4 rings (SSSR count). The van der Waals surface area contributed by atoms with Crippen LogP contribution in [0.2, 0.25) is 0 Å². The molecule has 0 saturated heterocycles. The van der Waals surface area contributed by atoms with Crippen molar-refractivity contribution in [2.75, 3.05) is 0 Å². The number of hydrogen-bond acceptors (Lipinski definition) is 4. The fourth-order valence-corrected chi connectivity index (χ4v) is 3.69. The van der Waals surface area contributed by atoms with Crippen molar-refractivity contribution in [1.82, 2.24) is 24.9 Å². The van der Waals surface area contributed by atoms with E-state index in [1.54, 1.807) is 11.3 Å². The van der Waals surface area contributed by atoms with Crippen LogP contribution >= 0.6 is 11.3 Å². The van der Waals surface area contributed by atoms with Gasteiger partial charge in [-0.3, -0.25) is 14.3 Å². The molecule has 6 nitrogen and oxygen atoms in total. The molecule has 0 aliphatic heterocycles. The van der Waals surface area contributed by atoms with Crippen molar-refractivity contribution >= 4 is 22.2 Å². The van der Waals surface area contributed by atoms with Crippen LogP contribution in [0.5, 0.6) is 0 Å². The van der Waals surface area contributed by atoms with E-state index in [2.05, 4.69) is 27.4 Å². The Morgan fingerprint density at radius 2 is 2.50 bits per heavy atom. The number of carbonyl (C=O) groups is 1. The van der Waals surface area contributed by atoms with E-state index in [-0.39, 0.29) is 5.91 Å². The van der Waals surface area contributed by atoms with Crippen molar-refractivity contribution in [3.05, 3.63) is 40.4 Å². The molecule has 0 radical (unpaired) electrons. The zero-order chi connectivity index (χ0) is 15.1. The third-order valence-electron chi connectivity index (χ3n) is 4.18. The van der Waals surface area contributed by atoms with Gasteiger partial charge in [-0.1, -0.05) is 6.92 Å². The van der Waals surface area contributed by atoms with Crippen LogP contribution in [-0.4, -0.2) is 25.5 Å². The summed E-state index contributed by atoms with van der Waals surface area (Å²) in [4.78, 5) is 17.8. The van der Waals surface area contributed by atoms with E-state index in [9.17, 15) is 4.79 Å². The number of H-pyrrole nitrogens is 1. The van der Waals surface area contributed by atoms with Gasteiger partial charge in [-0.2, -0.15) is 5.10 Å². The van der Waals surface area contributed by atoms with Crippen LogP contribution in [0, 0.1) is 5.92 Å². The van der Waals surface area contributed by atoms with Crippen molar-refractivity contribution in [1.29, 1.82) is 0 Å². The number of thiazole rings is 1. The van der Waals surface area contributed by atoms with Crippen LogP contribution in [-0.2, 0) is 19.4 Å². The lowest BCUT2D eigenvalue weighted by molar-refractivity contribution is 0.0944. The van der Waals surface area contributed by atoms with Crippen molar-refractivity contribution in [2.45, 2.75) is 32.7 Å². The molecule has 0 aromatic carbocycles. The van der Waals surface area contributed by atoms with Gasteiger partial charge in [0, 0.05) is 29.0 Å². The Bertz CT molecular complexity index is 802. The van der Waals surface area contributed by atoms with Crippen LogP contribution < -0.4 is 5.32 Å². The summed E-state index contributed by atoms with van der Waals surface area (Å²) in [6.45, 7) is 2.64. The highest BCUT2D eigenvalue weighted by Crippen LogP contribution is 2.26. The Hall–Kier alpha value is -2.15. The van der Waals surface area contributed by atoms with Gasteiger partial charge in [-0.25, -0.2) is 4.98 Å². The van der Waals surface area contributed by atoms with Crippen molar-refractivity contribution in [3.63, 3.8) is 0 Å². The van der Waals surface area contributed by atoms with E-state index in [1.807, 2.05) is 22.2 Å². The average molecular weight is 315 g/mol. The summed E-state index contributed by atoms with van der Waals surface area (Å²) in [6, 6.07) is 0. The summed E-state index contributed by atoms with van der Waals surface area (Å²) in [7, 11) is 0. The van der Waals surface area contributed by atoms with Crippen LogP contribution in [0.4, 0.5) is 0 Å². The van der Waals surface area contributed by atoms with E-state index >= 15 is 0 Å². The molecule has 0 bridgehead atoms. The summed E-state index contributed by atoms with van der Waals surface area (Å²) < 4.78 is 1.96. The van der Waals surface area contributed by atoms with Gasteiger partial charge in [-0.15, -0.1) is 11.3 Å². The normalized spacial score (nSPS) is 17.6. The molecule has 0 fully saturated rings. The van der Waals surface area contributed by atoms with Gasteiger partial charge in [0.05, 0.1) is 12.2 Å². The zero-order valence-corrected chi connectivity index (χ0v) is 13.1. The summed E-state index contributed by atoms with van der Waals surface area (Å²) in [5.41, 5.74) is 3.60. The van der Waals surface area contributed by atoms with Gasteiger partial charge in [-0.05, 0) is 25.2 Å². The van der Waals surface area contributed by atoms with Gasteiger partial charge in [0.1, 0.15) is 0 Å². The van der Waals surface area contributed by atoms with E-state index in [4.69, 9.17) is 0 Å². The van der Waals surface area contributed by atoms with E-state index in [0.29, 0.717) is 18.2 Å². The molecule has 3 heterocycles. The Balaban J connectivity index is 1.48. The highest BCUT2D eigenvalue weighted by atomic mass is 32.1. The summed E-state index contributed by atoms with van der Waals surface area (Å²) in [5.74, 6) is 0.486. The topological polar surface area (TPSA) is 75.1 Å². The smallest absolute Gasteiger partial charge is 0.272 e. The van der Waals surface area contributed by atoms with Gasteiger partial charge < -0.3 is 5.32 Å². The number of imidazole rings is 1. The number of rotatable bonds is 3. The Morgan fingerprint density at radius 1 is 1.59 bits per heavy atom. The standard InChI is InChI=1S/C15H17N5OS/c1-9-2-3-12-11(6-9)13(19-18-12)14(21)16-7-10-8-20-4-5-22-15(20)17-10/h4-5,8-9H,2-3,6-7H2,1H3,(H,16,21)(H,18,19). The first-order valence-corrected chi connectivity index (χ1v) is 8.34. The number of aromatic nitrogens is 4. The third kappa shape index (κ3) is 2.31. The Morgan fingerprint density at radius 3 is 3.36 bits per heavy atom. The minimum atomic E-state index is -0.122. The van der Waals surface area contributed by atoms with Crippen LogP contribution in [0.3, 0.4) is 0 Å². The van der Waals surface area contributed by atoms with Crippen molar-refractivity contribution in [3.8, 4) is 0 Å². The molecular weight excluding hydrogens is 298 g/mol. The molecule has 1 aliphatic rings. The monoisotopic (exact) mass is 315 g/mol. The average Bonchev–Trinajstić information content (AvgIpc) is 3.18. The van der Waals surface area contributed by atoms with E-state index < -0.39 is 0 Å². The second kappa shape index (κ2) is 5.24. The molecule has 1 unspecified atom stereocenters. The van der Waals surface area contributed by atoms with Crippen LogP contribution in [0.15, 0.2) is 17.8 Å². The van der Waals surface area contributed by atoms with Crippen LogP contribution in [0.25, 0.3) is 4.96 Å². The number of aromatic amines is 1. The molecule has 114 valence electrons. The summed E-state index contributed by atoms with van der Waals surface area (Å²) >= 11 is 1.58. The van der Waals surface area contributed by atoms with Crippen molar-refractivity contribution in [2.24, 2.45) is 5.92 Å². The lowest BCUT2D eigenvalue weighted by atomic mass is 9.87. The van der Waals surface area contributed by atoms with Crippen molar-refractivity contribution < 1.29 is 4.79 Å². The van der Waals surface area contributed by atoms with Gasteiger partial charge in [0.15, 0.2) is 10.7 Å². The lowest BCUT2D eigenvalue weighted by Crippen LogP contribution is -2.25. The molecule has 7 heteroatoms. The van der Waals surface area contributed by atoms with Crippen LogP contribution in [0.1, 0.15) is 40.8 Å². The minimum Gasteiger partial charge on any atom is -0.345 e. The fourth-order valence-electron chi connectivity index (χ4n) is 2.97. The zero-order valence-electron chi connectivity index (χ0n) is 12.3. The third-order valence-corrected chi connectivity index (χ3v) is 4.95. The van der Waals surface area contributed by atoms with Gasteiger partial charge in [0.25, 0.3) is 5.91 Å². The number of carbonyl (C=O) groups excluding carboxylic acids is 1. The number of nitrogens with zero attached hydrogens (tertiary/aromatic N) is 3. The molecular formula is C15H17N5OS. The molecule has 3 aromatic heterocycles. The maximum atomic E-state index is 12.4. The molecule has 3 aromatic rings. The van der Waals surface area contributed by atoms with E-state index in [1.165, 1.54) is 0 Å². The number of amides is 1. The minimum absolute atomic E-state index is 0.122. The molecule has 0 saturated carbocycles. The first kappa shape index (κ1) is 13.5. The quantitative estimate of drug-likeness (QED) is 0.778. The Labute approximate surface area is 131 Å². The molecule has 1 atom stereocenters. The first-order chi connectivity index (χ1) is 10.7. The van der Waals surface area contributed by atoms with E-state index in [0.717, 1.165) is 41.2 Å². The fraction of sp³-hybridized carbons (Fsp3) is 0.400. The predicted octanol–water partition coefficient (Wildman–Crippen LogP) is 2.17. The largest absolute Gasteiger partial charge is 0.345 e. The van der Waals surface area contributed by atoms with Gasteiger partial charge in [0.2, 0.25) is 0 Å². The highest BCUT2D eigenvalue weighted by Gasteiger charge is 2.24. The first-order valence-electron chi connectivity index (χ1n) is 7.46. The summed E-state index contributed by atoms with van der Waals surface area (Å²) in [6.07, 6.45) is 6.96. The molecule has 22 heavy (non-hydrogen) atoms. The number of aryl methyl sites for hydroxylation is 1. The molecule has 2 N–H and O–H groups in total.